The number of rotatable bonds is 4. The Kier molecular flexibility index (Phi) is 5.79. The first-order chi connectivity index (χ1) is 14.2. The SMILES string of the molecule is Cc1ccc(CN2Cc3ccccc3C3(CCN(S(=O)(=O)N(C)C)CC3)C2)cc1C. The van der Waals surface area contributed by atoms with E-state index in [9.17, 15) is 8.42 Å². The minimum Gasteiger partial charge on any atom is -0.294 e. The van der Waals surface area contributed by atoms with Crippen molar-refractivity contribution in [3.63, 3.8) is 0 Å². The molecule has 1 saturated heterocycles. The first kappa shape index (κ1) is 21.5. The first-order valence-corrected chi connectivity index (χ1v) is 12.2. The zero-order chi connectivity index (χ0) is 21.5. The summed E-state index contributed by atoms with van der Waals surface area (Å²) >= 11 is 0. The summed E-state index contributed by atoms with van der Waals surface area (Å²) in [6.45, 7) is 8.33. The van der Waals surface area contributed by atoms with Crippen LogP contribution in [-0.4, -0.2) is 55.7 Å². The van der Waals surface area contributed by atoms with Crippen LogP contribution in [0.1, 0.15) is 40.7 Å². The number of hydrogen-bond acceptors (Lipinski definition) is 3. The Balaban J connectivity index is 1.59. The average molecular weight is 428 g/mol. The van der Waals surface area contributed by atoms with Gasteiger partial charge >= 0.3 is 0 Å². The van der Waals surface area contributed by atoms with Crippen LogP contribution >= 0.6 is 0 Å². The Bertz CT molecular complexity index is 1020. The summed E-state index contributed by atoms with van der Waals surface area (Å²) in [5, 5.41) is 0. The molecule has 162 valence electrons. The van der Waals surface area contributed by atoms with E-state index in [4.69, 9.17) is 0 Å². The lowest BCUT2D eigenvalue weighted by atomic mass is 9.69. The van der Waals surface area contributed by atoms with Gasteiger partial charge in [0.2, 0.25) is 0 Å². The highest BCUT2D eigenvalue weighted by Crippen LogP contribution is 2.42. The van der Waals surface area contributed by atoms with Crippen LogP contribution in [0.2, 0.25) is 0 Å². The average Bonchev–Trinajstić information content (AvgIpc) is 2.71. The summed E-state index contributed by atoms with van der Waals surface area (Å²) in [7, 11) is -0.126. The molecule has 0 unspecified atom stereocenters. The summed E-state index contributed by atoms with van der Waals surface area (Å²) in [6, 6.07) is 15.5. The Morgan fingerprint density at radius 2 is 1.70 bits per heavy atom. The smallest absolute Gasteiger partial charge is 0.281 e. The van der Waals surface area contributed by atoms with Gasteiger partial charge in [0.05, 0.1) is 0 Å². The monoisotopic (exact) mass is 427 g/mol. The summed E-state index contributed by atoms with van der Waals surface area (Å²) in [4.78, 5) is 2.54. The third-order valence-electron chi connectivity index (χ3n) is 6.95. The second kappa shape index (κ2) is 8.08. The molecule has 0 aliphatic carbocycles. The maximum atomic E-state index is 12.6. The number of fused-ring (bicyclic) bond motifs is 2. The van der Waals surface area contributed by atoms with Crippen molar-refractivity contribution in [3.8, 4) is 0 Å². The summed E-state index contributed by atoms with van der Waals surface area (Å²) in [5.74, 6) is 0. The van der Waals surface area contributed by atoms with Crippen LogP contribution in [0.4, 0.5) is 0 Å². The molecule has 0 atom stereocenters. The molecule has 2 aliphatic heterocycles. The van der Waals surface area contributed by atoms with Crippen molar-refractivity contribution in [3.05, 3.63) is 70.3 Å². The van der Waals surface area contributed by atoms with Gasteiger partial charge in [0.15, 0.2) is 0 Å². The molecular weight excluding hydrogens is 394 g/mol. The molecule has 2 aliphatic rings. The van der Waals surface area contributed by atoms with Gasteiger partial charge in [-0.3, -0.25) is 4.90 Å². The number of hydrogen-bond donors (Lipinski definition) is 0. The van der Waals surface area contributed by atoms with E-state index in [0.717, 1.165) is 32.5 Å². The maximum absolute atomic E-state index is 12.6. The first-order valence-electron chi connectivity index (χ1n) is 10.8. The third-order valence-corrected chi connectivity index (χ3v) is 8.89. The van der Waals surface area contributed by atoms with Gasteiger partial charge < -0.3 is 0 Å². The maximum Gasteiger partial charge on any atom is 0.281 e. The highest BCUT2D eigenvalue weighted by molar-refractivity contribution is 7.86. The van der Waals surface area contributed by atoms with E-state index in [2.05, 4.69) is 61.2 Å². The zero-order valence-electron chi connectivity index (χ0n) is 18.6. The van der Waals surface area contributed by atoms with Gasteiger partial charge in [0, 0.05) is 52.2 Å². The van der Waals surface area contributed by atoms with E-state index in [0.29, 0.717) is 13.1 Å². The Hall–Kier alpha value is -1.73. The summed E-state index contributed by atoms with van der Waals surface area (Å²) in [5.41, 5.74) is 6.84. The molecule has 0 amide bonds. The second-order valence-corrected chi connectivity index (χ2v) is 11.3. The molecule has 0 aromatic heterocycles. The molecule has 4 rings (SSSR count). The normalized spacial score (nSPS) is 19.9. The van der Waals surface area contributed by atoms with Crippen molar-refractivity contribution < 1.29 is 8.42 Å². The molecule has 6 heteroatoms. The van der Waals surface area contributed by atoms with Gasteiger partial charge in [-0.15, -0.1) is 0 Å². The van der Waals surface area contributed by atoms with E-state index in [1.807, 2.05) is 0 Å². The lowest BCUT2D eigenvalue weighted by molar-refractivity contribution is 0.120. The standard InChI is InChI=1S/C24H33N3O2S/c1-19-9-10-21(15-20(19)2)16-26-17-22-7-5-6-8-23(22)24(18-26)11-13-27(14-12-24)30(28,29)25(3)4/h5-10,15H,11-14,16-18H2,1-4H3. The summed E-state index contributed by atoms with van der Waals surface area (Å²) < 4.78 is 28.2. The fraction of sp³-hybridized carbons (Fsp3) is 0.500. The highest BCUT2D eigenvalue weighted by Gasteiger charge is 2.44. The quantitative estimate of drug-likeness (QED) is 0.751. The summed E-state index contributed by atoms with van der Waals surface area (Å²) in [6.07, 6.45) is 1.72. The minimum absolute atomic E-state index is 0.0208. The third kappa shape index (κ3) is 3.94. The Morgan fingerprint density at radius 3 is 2.37 bits per heavy atom. The molecule has 30 heavy (non-hydrogen) atoms. The highest BCUT2D eigenvalue weighted by atomic mass is 32.2. The van der Waals surface area contributed by atoms with Crippen LogP contribution in [-0.2, 0) is 28.7 Å². The molecular formula is C24H33N3O2S. The predicted octanol–water partition coefficient (Wildman–Crippen LogP) is 3.46. The molecule has 2 heterocycles. The number of piperidine rings is 1. The van der Waals surface area contributed by atoms with Gasteiger partial charge in [-0.1, -0.05) is 42.5 Å². The topological polar surface area (TPSA) is 43.9 Å². The zero-order valence-corrected chi connectivity index (χ0v) is 19.4. The van der Waals surface area contributed by atoms with E-state index >= 15 is 0 Å². The number of aryl methyl sites for hydroxylation is 2. The van der Waals surface area contributed by atoms with Crippen molar-refractivity contribution in [2.45, 2.75) is 45.2 Å². The van der Waals surface area contributed by atoms with Gasteiger partial charge in [0.25, 0.3) is 10.2 Å². The number of nitrogens with zero attached hydrogens (tertiary/aromatic N) is 3. The molecule has 2 aromatic carbocycles. The van der Waals surface area contributed by atoms with E-state index in [-0.39, 0.29) is 5.41 Å². The van der Waals surface area contributed by atoms with Crippen molar-refractivity contribution in [2.24, 2.45) is 0 Å². The van der Waals surface area contributed by atoms with Gasteiger partial charge in [-0.05, 0) is 54.5 Å². The van der Waals surface area contributed by atoms with Gasteiger partial charge in [0.1, 0.15) is 0 Å². The largest absolute Gasteiger partial charge is 0.294 e. The molecule has 1 fully saturated rings. The molecule has 0 N–H and O–H groups in total. The lowest BCUT2D eigenvalue weighted by Gasteiger charge is -2.48. The fourth-order valence-corrected chi connectivity index (χ4v) is 6.17. The lowest BCUT2D eigenvalue weighted by Crippen LogP contribution is -2.54. The van der Waals surface area contributed by atoms with Crippen LogP contribution in [0, 0.1) is 13.8 Å². The molecule has 0 bridgehead atoms. The van der Waals surface area contributed by atoms with Crippen molar-refractivity contribution in [1.82, 2.24) is 13.5 Å². The van der Waals surface area contributed by atoms with E-state index in [1.165, 1.54) is 32.1 Å². The molecule has 2 aromatic rings. The van der Waals surface area contributed by atoms with Crippen molar-refractivity contribution in [1.29, 1.82) is 0 Å². The predicted molar refractivity (Wildman–Crippen MR) is 122 cm³/mol. The van der Waals surface area contributed by atoms with Crippen LogP contribution in [0.15, 0.2) is 42.5 Å². The van der Waals surface area contributed by atoms with Crippen LogP contribution in [0.5, 0.6) is 0 Å². The van der Waals surface area contributed by atoms with Gasteiger partial charge in [-0.25, -0.2) is 0 Å². The van der Waals surface area contributed by atoms with E-state index < -0.39 is 10.2 Å². The molecule has 1 spiro atoms. The Morgan fingerprint density at radius 1 is 1.00 bits per heavy atom. The van der Waals surface area contributed by atoms with Crippen LogP contribution in [0.25, 0.3) is 0 Å². The number of benzene rings is 2. The fourth-order valence-electron chi connectivity index (χ4n) is 5.06. The molecule has 0 saturated carbocycles. The van der Waals surface area contributed by atoms with E-state index in [1.54, 1.807) is 18.4 Å². The van der Waals surface area contributed by atoms with Gasteiger partial charge in [-0.2, -0.15) is 17.0 Å². The van der Waals surface area contributed by atoms with Crippen LogP contribution < -0.4 is 0 Å². The Labute approximate surface area is 181 Å². The molecule has 0 radical (unpaired) electrons. The van der Waals surface area contributed by atoms with Crippen molar-refractivity contribution >= 4 is 10.2 Å². The van der Waals surface area contributed by atoms with Crippen molar-refractivity contribution in [2.75, 3.05) is 33.7 Å². The minimum atomic E-state index is -3.35. The second-order valence-electron chi connectivity index (χ2n) is 9.19. The molecule has 5 nitrogen and oxygen atoms in total. The van der Waals surface area contributed by atoms with Crippen LogP contribution in [0.3, 0.4) is 0 Å².